The van der Waals surface area contributed by atoms with Crippen LogP contribution in [-0.2, 0) is 27.3 Å². The molecule has 10 heteroatoms. The first-order chi connectivity index (χ1) is 22.6. The summed E-state index contributed by atoms with van der Waals surface area (Å²) in [7, 11) is 4.12. The zero-order valence-corrected chi connectivity index (χ0v) is 26.2. The number of hydrogen-bond acceptors (Lipinski definition) is 6. The maximum atomic E-state index is 6.05. The zero-order chi connectivity index (χ0) is 31.3. The van der Waals surface area contributed by atoms with E-state index in [2.05, 4.69) is 66.6 Å². The van der Waals surface area contributed by atoms with Crippen molar-refractivity contribution in [3.63, 3.8) is 0 Å². The molecule has 0 saturated carbocycles. The van der Waals surface area contributed by atoms with Gasteiger partial charge in [0.2, 0.25) is 0 Å². The van der Waals surface area contributed by atoms with Gasteiger partial charge in [-0.3, -0.25) is 10.0 Å². The molecule has 1 fully saturated rings. The summed E-state index contributed by atoms with van der Waals surface area (Å²) in [5.41, 5.74) is 6.55. The number of nitrogens with zero attached hydrogens (tertiary/aromatic N) is 8. The quantitative estimate of drug-likeness (QED) is 0.173. The lowest BCUT2D eigenvalue weighted by molar-refractivity contribution is -0.511. The Morgan fingerprint density at radius 3 is 1.39 bits per heavy atom. The average molecular weight is 615 g/mol. The van der Waals surface area contributed by atoms with Gasteiger partial charge in [0.25, 0.3) is 11.3 Å². The maximum absolute atomic E-state index is 6.05. The van der Waals surface area contributed by atoms with Gasteiger partial charge < -0.3 is 9.47 Å². The largest absolute Gasteiger partial charge is 0.485 e. The Kier molecular flexibility index (Phi) is 8.32. The molecule has 6 aromatic rings. The SMILES string of the molecule is Cn1c(COc2ccc(/C=N/N3CCN(/N=C/c4ccc(OCc5c[n+]6ccccc6n5C)cc4)CC3)cc2)c[n+]2ccccc12. The highest BCUT2D eigenvalue weighted by Gasteiger charge is 2.16. The predicted octanol–water partition coefficient (Wildman–Crippen LogP) is 3.98. The van der Waals surface area contributed by atoms with Crippen molar-refractivity contribution in [2.45, 2.75) is 13.2 Å². The molecule has 1 aliphatic rings. The summed E-state index contributed by atoms with van der Waals surface area (Å²) in [5, 5.41) is 13.6. The minimum Gasteiger partial charge on any atom is -0.485 e. The summed E-state index contributed by atoms with van der Waals surface area (Å²) in [6.07, 6.45) is 12.1. The molecule has 0 amide bonds. The number of hydrazone groups is 2. The third kappa shape index (κ3) is 6.56. The van der Waals surface area contributed by atoms with E-state index in [4.69, 9.17) is 19.7 Å². The Morgan fingerprint density at radius 1 is 0.587 bits per heavy atom. The first-order valence-electron chi connectivity index (χ1n) is 15.5. The number of rotatable bonds is 10. The highest BCUT2D eigenvalue weighted by Crippen LogP contribution is 2.16. The Balaban J connectivity index is 0.846. The second-order valence-corrected chi connectivity index (χ2v) is 11.4. The number of piperazine rings is 1. The second-order valence-electron chi connectivity index (χ2n) is 11.4. The molecular weight excluding hydrogens is 576 g/mol. The lowest BCUT2D eigenvalue weighted by Gasteiger charge is -2.31. The lowest BCUT2D eigenvalue weighted by atomic mass is 10.2. The smallest absolute Gasteiger partial charge is 0.286 e. The number of ether oxygens (including phenoxy) is 2. The first-order valence-corrected chi connectivity index (χ1v) is 15.5. The van der Waals surface area contributed by atoms with Crippen LogP contribution in [0.5, 0.6) is 11.5 Å². The van der Waals surface area contributed by atoms with Crippen molar-refractivity contribution < 1.29 is 18.3 Å². The predicted molar refractivity (Wildman–Crippen MR) is 177 cm³/mol. The van der Waals surface area contributed by atoms with E-state index in [0.29, 0.717) is 13.2 Å². The van der Waals surface area contributed by atoms with Crippen LogP contribution in [0.3, 0.4) is 0 Å². The molecule has 0 bridgehead atoms. The van der Waals surface area contributed by atoms with Crippen LogP contribution in [-0.4, -0.2) is 57.8 Å². The Labute approximate surface area is 268 Å². The van der Waals surface area contributed by atoms with Gasteiger partial charge in [0, 0.05) is 12.1 Å². The van der Waals surface area contributed by atoms with Crippen molar-refractivity contribution >= 4 is 23.7 Å². The number of hydrogen-bond donors (Lipinski definition) is 0. The standard InChI is InChI=1S/C36H38N8O2/c1-39-31(25-41-17-5-3-7-35(39)41)27-45-33-13-9-29(10-14-33)23-37-43-19-21-44(22-20-43)38-24-30-11-15-34(16-12-30)46-28-32-26-42-18-6-4-8-36(42)40(32)2/h3-18,23-26H,19-22,27-28H2,1-2H3/q+2/b37-23+,38-24+. The maximum Gasteiger partial charge on any atom is 0.286 e. The summed E-state index contributed by atoms with van der Waals surface area (Å²) in [6, 6.07) is 28.4. The number of benzene rings is 2. The van der Waals surface area contributed by atoms with Crippen LogP contribution < -0.4 is 18.3 Å². The molecule has 0 radical (unpaired) electrons. The third-order valence-electron chi connectivity index (χ3n) is 8.37. The van der Waals surface area contributed by atoms with Crippen molar-refractivity contribution in [3.05, 3.63) is 132 Å². The fourth-order valence-electron chi connectivity index (χ4n) is 5.57. The minimum absolute atomic E-state index is 0.504. The zero-order valence-electron chi connectivity index (χ0n) is 26.2. The fourth-order valence-corrected chi connectivity index (χ4v) is 5.57. The molecule has 5 heterocycles. The van der Waals surface area contributed by atoms with Gasteiger partial charge in [0.1, 0.15) is 23.9 Å². The Bertz CT molecular complexity index is 1840. The van der Waals surface area contributed by atoms with E-state index in [1.807, 2.05) is 97.6 Å². The summed E-state index contributed by atoms with van der Waals surface area (Å²) in [6.45, 7) is 4.28. The van der Waals surface area contributed by atoms with Gasteiger partial charge in [-0.15, -0.1) is 0 Å². The van der Waals surface area contributed by atoms with Crippen molar-refractivity contribution in [1.82, 2.24) is 19.2 Å². The summed E-state index contributed by atoms with van der Waals surface area (Å²) in [4.78, 5) is 0. The van der Waals surface area contributed by atoms with E-state index in [9.17, 15) is 0 Å². The molecule has 0 N–H and O–H groups in total. The van der Waals surface area contributed by atoms with E-state index >= 15 is 0 Å². The number of imidazole rings is 2. The van der Waals surface area contributed by atoms with Gasteiger partial charge in [-0.05, 0) is 71.8 Å². The second kappa shape index (κ2) is 13.2. The van der Waals surface area contributed by atoms with Gasteiger partial charge in [0.05, 0.1) is 65.1 Å². The van der Waals surface area contributed by atoms with Crippen LogP contribution in [0.25, 0.3) is 11.3 Å². The fraction of sp³-hybridized carbons (Fsp3) is 0.222. The Hall–Kier alpha value is -5.64. The Morgan fingerprint density at radius 2 is 1.00 bits per heavy atom. The highest BCUT2D eigenvalue weighted by atomic mass is 16.5. The molecule has 10 nitrogen and oxygen atoms in total. The van der Waals surface area contributed by atoms with Gasteiger partial charge in [0.15, 0.2) is 24.6 Å². The third-order valence-corrected chi connectivity index (χ3v) is 8.37. The molecule has 0 aliphatic carbocycles. The molecule has 1 aliphatic heterocycles. The topological polar surface area (TPSA) is 67.7 Å². The van der Waals surface area contributed by atoms with Crippen molar-refractivity contribution in [2.24, 2.45) is 24.3 Å². The van der Waals surface area contributed by atoms with Crippen molar-refractivity contribution in [3.8, 4) is 11.5 Å². The van der Waals surface area contributed by atoms with Gasteiger partial charge in [-0.1, -0.05) is 12.1 Å². The molecule has 7 rings (SSSR count). The van der Waals surface area contributed by atoms with E-state index < -0.39 is 0 Å². The van der Waals surface area contributed by atoms with Crippen molar-refractivity contribution in [2.75, 3.05) is 26.2 Å². The first kappa shape index (κ1) is 29.1. The van der Waals surface area contributed by atoms with Gasteiger partial charge >= 0.3 is 0 Å². The molecule has 0 unspecified atom stereocenters. The average Bonchev–Trinajstić information content (AvgIpc) is 3.61. The highest BCUT2D eigenvalue weighted by molar-refractivity contribution is 5.80. The van der Waals surface area contributed by atoms with E-state index in [1.165, 1.54) is 0 Å². The van der Waals surface area contributed by atoms with Crippen molar-refractivity contribution in [1.29, 1.82) is 0 Å². The summed E-state index contributed by atoms with van der Waals surface area (Å²) < 4.78 is 20.6. The van der Waals surface area contributed by atoms with Crippen LogP contribution in [0.2, 0.25) is 0 Å². The number of aryl methyl sites for hydroxylation is 2. The van der Waals surface area contributed by atoms with Crippen LogP contribution in [0.1, 0.15) is 22.5 Å². The molecule has 0 atom stereocenters. The van der Waals surface area contributed by atoms with E-state index in [-0.39, 0.29) is 0 Å². The van der Waals surface area contributed by atoms with Crippen LogP contribution in [0.15, 0.2) is 120 Å². The molecule has 4 aromatic heterocycles. The van der Waals surface area contributed by atoms with Gasteiger partial charge in [-0.25, -0.2) is 17.9 Å². The molecule has 46 heavy (non-hydrogen) atoms. The van der Waals surface area contributed by atoms with Gasteiger partial charge in [-0.2, -0.15) is 10.2 Å². The van der Waals surface area contributed by atoms with E-state index in [1.54, 1.807) is 0 Å². The van der Waals surface area contributed by atoms with Crippen LogP contribution in [0.4, 0.5) is 0 Å². The summed E-state index contributed by atoms with van der Waals surface area (Å²) in [5.74, 6) is 1.67. The molecule has 1 saturated heterocycles. The van der Waals surface area contributed by atoms with E-state index in [0.717, 1.165) is 71.5 Å². The number of aromatic nitrogens is 4. The minimum atomic E-state index is 0.504. The lowest BCUT2D eigenvalue weighted by Crippen LogP contribution is -2.41. The number of pyridine rings is 2. The van der Waals surface area contributed by atoms with Crippen LogP contribution >= 0.6 is 0 Å². The molecule has 0 spiro atoms. The number of fused-ring (bicyclic) bond motifs is 2. The van der Waals surface area contributed by atoms with Crippen LogP contribution in [0, 0.1) is 0 Å². The molecule has 2 aromatic carbocycles. The molecule has 232 valence electrons. The monoisotopic (exact) mass is 614 g/mol. The molecular formula is C36H38N8O2+2. The summed E-state index contributed by atoms with van der Waals surface area (Å²) >= 11 is 0. The normalized spacial score (nSPS) is 13.9.